The summed E-state index contributed by atoms with van der Waals surface area (Å²) in [4.78, 5) is 29.6. The average Bonchev–Trinajstić information content (AvgIpc) is 3.36. The van der Waals surface area contributed by atoms with Gasteiger partial charge in [0, 0.05) is 16.8 Å². The Morgan fingerprint density at radius 3 is 2.39 bits per heavy atom. The van der Waals surface area contributed by atoms with Crippen molar-refractivity contribution >= 4 is 22.4 Å². The van der Waals surface area contributed by atoms with Crippen LogP contribution in [0.15, 0.2) is 94.0 Å². The lowest BCUT2D eigenvalue weighted by molar-refractivity contribution is 0.939. The lowest BCUT2D eigenvalue weighted by Gasteiger charge is -2.12. The van der Waals surface area contributed by atoms with E-state index in [1.54, 1.807) is 21.4 Å². The molecular weight excluding hydrogens is 370 g/mol. The van der Waals surface area contributed by atoms with Crippen molar-refractivity contribution in [1.82, 2.24) is 14.1 Å². The van der Waals surface area contributed by atoms with Crippen molar-refractivity contribution in [2.75, 3.05) is 0 Å². The fraction of sp³-hybridized carbons (Fsp3) is 0. The monoisotopic (exact) mass is 385 g/mol. The van der Waals surface area contributed by atoms with Gasteiger partial charge in [0.05, 0.1) is 22.3 Å². The first kappa shape index (κ1) is 16.5. The highest BCUT2D eigenvalue weighted by atomic mass is 32.1. The Labute approximate surface area is 163 Å². The van der Waals surface area contributed by atoms with E-state index in [1.807, 2.05) is 72.1 Å². The third-order valence-electron chi connectivity index (χ3n) is 4.67. The van der Waals surface area contributed by atoms with E-state index in [-0.39, 0.29) is 11.2 Å². The molecule has 0 fully saturated rings. The van der Waals surface area contributed by atoms with Crippen molar-refractivity contribution in [2.45, 2.75) is 0 Å². The number of thiophene rings is 1. The van der Waals surface area contributed by atoms with Crippen molar-refractivity contribution in [3.8, 4) is 21.8 Å². The first-order chi connectivity index (χ1) is 13.7. The minimum absolute atomic E-state index is 0.120. The number of aromatic amines is 1. The average molecular weight is 385 g/mol. The first-order valence-corrected chi connectivity index (χ1v) is 9.66. The van der Waals surface area contributed by atoms with E-state index in [0.717, 1.165) is 21.6 Å². The van der Waals surface area contributed by atoms with Gasteiger partial charge in [0.15, 0.2) is 0 Å². The van der Waals surface area contributed by atoms with Crippen LogP contribution in [0.2, 0.25) is 0 Å². The fourth-order valence-electron chi connectivity index (χ4n) is 3.39. The second-order valence-corrected chi connectivity index (χ2v) is 7.33. The van der Waals surface area contributed by atoms with Crippen LogP contribution in [0.1, 0.15) is 0 Å². The zero-order valence-corrected chi connectivity index (χ0v) is 15.5. The molecule has 0 aliphatic rings. The van der Waals surface area contributed by atoms with Crippen molar-refractivity contribution in [1.29, 1.82) is 0 Å². The van der Waals surface area contributed by atoms with Crippen molar-refractivity contribution < 1.29 is 0 Å². The van der Waals surface area contributed by atoms with Crippen molar-refractivity contribution in [3.05, 3.63) is 105 Å². The number of H-pyrrole nitrogens is 1. The number of hydrogen-bond donors (Lipinski definition) is 1. The largest absolute Gasteiger partial charge is 0.331 e. The van der Waals surface area contributed by atoms with Gasteiger partial charge in [-0.2, -0.15) is 0 Å². The maximum absolute atomic E-state index is 13.2. The molecule has 0 spiro atoms. The third-order valence-corrected chi connectivity index (χ3v) is 5.57. The summed E-state index contributed by atoms with van der Waals surface area (Å²) in [5.41, 5.74) is 3.11. The van der Waals surface area contributed by atoms with Crippen LogP contribution in [0.5, 0.6) is 0 Å². The molecular formula is C22H15N3O2S. The number of rotatable bonds is 3. The lowest BCUT2D eigenvalue weighted by Crippen LogP contribution is -2.23. The normalized spacial score (nSPS) is 11.1. The molecule has 5 aromatic rings. The number of aromatic nitrogens is 3. The predicted octanol–water partition coefficient (Wildman–Crippen LogP) is 4.20. The topological polar surface area (TPSA) is 59.8 Å². The van der Waals surface area contributed by atoms with E-state index < -0.39 is 0 Å². The second-order valence-electron chi connectivity index (χ2n) is 6.38. The number of nitrogens with one attached hydrogen (secondary N) is 1. The van der Waals surface area contributed by atoms with Gasteiger partial charge in [0.1, 0.15) is 0 Å². The summed E-state index contributed by atoms with van der Waals surface area (Å²) in [7, 11) is 0. The van der Waals surface area contributed by atoms with Crippen LogP contribution in [0, 0.1) is 0 Å². The van der Waals surface area contributed by atoms with Gasteiger partial charge in [0.25, 0.3) is 5.56 Å². The standard InChI is InChI=1S/C22H15N3O2S/c26-21-17(20-11-6-12-28-20)13-16(14-24(21)15-7-2-1-3-8-15)25-19-10-5-4-9-18(19)23-22(25)27/h1-14H,(H,23,27). The van der Waals surface area contributed by atoms with E-state index in [4.69, 9.17) is 0 Å². The van der Waals surface area contributed by atoms with E-state index >= 15 is 0 Å². The summed E-state index contributed by atoms with van der Waals surface area (Å²) < 4.78 is 3.20. The van der Waals surface area contributed by atoms with E-state index in [1.165, 1.54) is 11.3 Å². The smallest absolute Gasteiger partial charge is 0.305 e. The van der Waals surface area contributed by atoms with Gasteiger partial charge < -0.3 is 4.98 Å². The predicted molar refractivity (Wildman–Crippen MR) is 113 cm³/mol. The van der Waals surface area contributed by atoms with Gasteiger partial charge in [-0.05, 0) is 41.8 Å². The van der Waals surface area contributed by atoms with Gasteiger partial charge in [-0.3, -0.25) is 13.9 Å². The molecule has 6 heteroatoms. The molecule has 3 heterocycles. The molecule has 0 aliphatic heterocycles. The second kappa shape index (κ2) is 6.51. The number of pyridine rings is 1. The summed E-state index contributed by atoms with van der Waals surface area (Å²) in [6, 6.07) is 22.6. The fourth-order valence-corrected chi connectivity index (χ4v) is 4.12. The molecule has 0 unspecified atom stereocenters. The SMILES string of the molecule is O=c1c(-c2cccs2)cc(-n2c(=O)[nH]c3ccccc32)cn1-c1ccccc1. The molecule has 2 aromatic carbocycles. The molecule has 0 amide bonds. The summed E-state index contributed by atoms with van der Waals surface area (Å²) >= 11 is 1.50. The van der Waals surface area contributed by atoms with Crippen LogP contribution in [-0.2, 0) is 0 Å². The summed E-state index contributed by atoms with van der Waals surface area (Å²) in [6.45, 7) is 0. The Kier molecular flexibility index (Phi) is 3.84. The van der Waals surface area contributed by atoms with E-state index in [9.17, 15) is 9.59 Å². The highest BCUT2D eigenvalue weighted by Gasteiger charge is 2.15. The molecule has 0 aliphatic carbocycles. The quantitative estimate of drug-likeness (QED) is 0.506. The maximum Gasteiger partial charge on any atom is 0.331 e. The van der Waals surface area contributed by atoms with Crippen molar-refractivity contribution in [3.63, 3.8) is 0 Å². The molecule has 0 saturated carbocycles. The van der Waals surface area contributed by atoms with Crippen LogP contribution >= 0.6 is 11.3 Å². The Morgan fingerprint density at radius 1 is 0.821 bits per heavy atom. The van der Waals surface area contributed by atoms with Crippen LogP contribution in [0.25, 0.3) is 32.8 Å². The number of benzene rings is 2. The van der Waals surface area contributed by atoms with Gasteiger partial charge in [-0.1, -0.05) is 36.4 Å². The summed E-state index contributed by atoms with van der Waals surface area (Å²) in [6.07, 6.45) is 1.72. The summed E-state index contributed by atoms with van der Waals surface area (Å²) in [5.74, 6) is 0. The van der Waals surface area contributed by atoms with E-state index in [2.05, 4.69) is 4.98 Å². The first-order valence-electron chi connectivity index (χ1n) is 8.78. The number of para-hydroxylation sites is 3. The van der Waals surface area contributed by atoms with Crippen molar-refractivity contribution in [2.24, 2.45) is 0 Å². The highest BCUT2D eigenvalue weighted by molar-refractivity contribution is 7.13. The Balaban J connectivity index is 1.86. The molecule has 136 valence electrons. The molecule has 3 aromatic heterocycles. The van der Waals surface area contributed by atoms with Crippen LogP contribution in [-0.4, -0.2) is 14.1 Å². The molecule has 5 nitrogen and oxygen atoms in total. The number of imidazole rings is 1. The van der Waals surface area contributed by atoms with E-state index in [0.29, 0.717) is 11.3 Å². The molecule has 1 N–H and O–H groups in total. The van der Waals surface area contributed by atoms with Gasteiger partial charge >= 0.3 is 5.69 Å². The summed E-state index contributed by atoms with van der Waals surface area (Å²) in [5, 5.41) is 1.94. The van der Waals surface area contributed by atoms with Crippen LogP contribution < -0.4 is 11.2 Å². The van der Waals surface area contributed by atoms with Crippen LogP contribution in [0.3, 0.4) is 0 Å². The van der Waals surface area contributed by atoms with Gasteiger partial charge in [-0.15, -0.1) is 11.3 Å². The van der Waals surface area contributed by atoms with Gasteiger partial charge in [-0.25, -0.2) is 4.79 Å². The maximum atomic E-state index is 13.2. The van der Waals surface area contributed by atoms with Gasteiger partial charge in [0.2, 0.25) is 0 Å². The molecule has 0 saturated heterocycles. The Hall–Kier alpha value is -3.64. The number of nitrogens with zero attached hydrogens (tertiary/aromatic N) is 2. The molecule has 0 atom stereocenters. The molecule has 0 radical (unpaired) electrons. The van der Waals surface area contributed by atoms with Crippen LogP contribution in [0.4, 0.5) is 0 Å². The third kappa shape index (κ3) is 2.62. The zero-order valence-electron chi connectivity index (χ0n) is 14.7. The minimum Gasteiger partial charge on any atom is -0.305 e. The molecule has 0 bridgehead atoms. The number of fused-ring (bicyclic) bond motifs is 1. The zero-order chi connectivity index (χ0) is 19.1. The molecule has 5 rings (SSSR count). The Morgan fingerprint density at radius 2 is 1.61 bits per heavy atom. The highest BCUT2D eigenvalue weighted by Crippen LogP contribution is 2.25. The lowest BCUT2D eigenvalue weighted by atomic mass is 10.2. The number of hydrogen-bond acceptors (Lipinski definition) is 3. The Bertz CT molecular complexity index is 1390. The minimum atomic E-state index is -0.239. The molecule has 28 heavy (non-hydrogen) atoms.